The lowest BCUT2D eigenvalue weighted by atomic mass is 10.1. The summed E-state index contributed by atoms with van der Waals surface area (Å²) < 4.78 is 5.18. The van der Waals surface area contributed by atoms with E-state index in [9.17, 15) is 4.79 Å². The second-order valence-electron chi connectivity index (χ2n) is 6.36. The van der Waals surface area contributed by atoms with E-state index in [1.54, 1.807) is 13.1 Å². The van der Waals surface area contributed by atoms with Crippen molar-refractivity contribution in [3.8, 4) is 0 Å². The van der Waals surface area contributed by atoms with Crippen molar-refractivity contribution in [2.24, 2.45) is 4.99 Å². The molecule has 0 radical (unpaired) electrons. The van der Waals surface area contributed by atoms with Crippen LogP contribution in [0, 0.1) is 13.8 Å². The molecule has 0 aliphatic carbocycles. The van der Waals surface area contributed by atoms with Crippen LogP contribution in [0.3, 0.4) is 0 Å². The molecule has 0 fully saturated rings. The van der Waals surface area contributed by atoms with Gasteiger partial charge in [-0.15, -0.1) is 0 Å². The predicted molar refractivity (Wildman–Crippen MR) is 104 cm³/mol. The summed E-state index contributed by atoms with van der Waals surface area (Å²) in [6.07, 6.45) is 2.32. The molecule has 0 saturated carbocycles. The summed E-state index contributed by atoms with van der Waals surface area (Å²) in [5, 5.41) is 6.19. The minimum Gasteiger partial charge on any atom is -0.459 e. The normalized spacial score (nSPS) is 11.3. The van der Waals surface area contributed by atoms with Gasteiger partial charge in [0.1, 0.15) is 0 Å². The number of nitrogens with zero attached hydrogens (tertiary/aromatic N) is 2. The van der Waals surface area contributed by atoms with E-state index < -0.39 is 0 Å². The van der Waals surface area contributed by atoms with Crippen LogP contribution in [0.4, 0.5) is 0 Å². The van der Waals surface area contributed by atoms with E-state index in [0.29, 0.717) is 12.3 Å². The molecular formula is C20H28N4O2. The second kappa shape index (κ2) is 9.65. The number of hydrogen-bond donors (Lipinski definition) is 2. The van der Waals surface area contributed by atoms with Crippen molar-refractivity contribution in [2.75, 3.05) is 27.2 Å². The van der Waals surface area contributed by atoms with Crippen molar-refractivity contribution in [1.29, 1.82) is 0 Å². The van der Waals surface area contributed by atoms with Gasteiger partial charge >= 0.3 is 0 Å². The summed E-state index contributed by atoms with van der Waals surface area (Å²) in [5.41, 5.74) is 3.34. The maximum Gasteiger partial charge on any atom is 0.287 e. The van der Waals surface area contributed by atoms with Crippen molar-refractivity contribution in [1.82, 2.24) is 15.5 Å². The van der Waals surface area contributed by atoms with Crippen molar-refractivity contribution < 1.29 is 9.21 Å². The summed E-state index contributed by atoms with van der Waals surface area (Å²) in [5.74, 6) is 1.04. The number of rotatable bonds is 7. The summed E-state index contributed by atoms with van der Waals surface area (Å²) in [4.78, 5) is 18.4. The number of carbonyl (C=O) groups is 1. The number of nitrogens with one attached hydrogen (secondary N) is 2. The summed E-state index contributed by atoms with van der Waals surface area (Å²) >= 11 is 0. The van der Waals surface area contributed by atoms with E-state index in [-0.39, 0.29) is 5.91 Å². The summed E-state index contributed by atoms with van der Waals surface area (Å²) in [6, 6.07) is 10.3. The number of furan rings is 1. The zero-order valence-electron chi connectivity index (χ0n) is 16.0. The fourth-order valence-corrected chi connectivity index (χ4v) is 2.60. The van der Waals surface area contributed by atoms with Crippen molar-refractivity contribution in [3.63, 3.8) is 0 Å². The molecular weight excluding hydrogens is 328 g/mol. The van der Waals surface area contributed by atoms with Gasteiger partial charge < -0.3 is 20.0 Å². The van der Waals surface area contributed by atoms with Crippen LogP contribution in [0.15, 0.2) is 46.0 Å². The fourth-order valence-electron chi connectivity index (χ4n) is 2.60. The zero-order chi connectivity index (χ0) is 18.9. The molecule has 0 saturated heterocycles. The lowest BCUT2D eigenvalue weighted by molar-refractivity contribution is 0.0925. The van der Waals surface area contributed by atoms with Gasteiger partial charge in [0.05, 0.1) is 6.26 Å². The lowest BCUT2D eigenvalue weighted by Crippen LogP contribution is -2.39. The van der Waals surface area contributed by atoms with Gasteiger partial charge in [-0.05, 0) is 31.9 Å². The maximum absolute atomic E-state index is 12.0. The Labute approximate surface area is 155 Å². The Bertz CT molecular complexity index is 735. The Morgan fingerprint density at radius 2 is 1.81 bits per heavy atom. The standard InChI is InChI=1S/C20H28N4O2/c1-15-6-8-17(9-7-15)14-24(4)20(21-3)23-12-5-11-22-19(25)18-16(2)10-13-26-18/h6-10,13H,5,11-12,14H2,1-4H3,(H,21,23)(H,22,25). The van der Waals surface area contributed by atoms with Gasteiger partial charge in [-0.2, -0.15) is 0 Å². The molecule has 6 nitrogen and oxygen atoms in total. The van der Waals surface area contributed by atoms with E-state index in [2.05, 4.69) is 51.7 Å². The molecule has 1 amide bonds. The monoisotopic (exact) mass is 356 g/mol. The van der Waals surface area contributed by atoms with E-state index in [4.69, 9.17) is 4.42 Å². The second-order valence-corrected chi connectivity index (χ2v) is 6.36. The van der Waals surface area contributed by atoms with Crippen LogP contribution in [0.25, 0.3) is 0 Å². The maximum atomic E-state index is 12.0. The van der Waals surface area contributed by atoms with Gasteiger partial charge in [-0.3, -0.25) is 9.79 Å². The number of benzene rings is 1. The van der Waals surface area contributed by atoms with Crippen molar-refractivity contribution >= 4 is 11.9 Å². The van der Waals surface area contributed by atoms with Crippen LogP contribution >= 0.6 is 0 Å². The largest absolute Gasteiger partial charge is 0.459 e. The topological polar surface area (TPSA) is 69.9 Å². The highest BCUT2D eigenvalue weighted by molar-refractivity contribution is 5.92. The molecule has 140 valence electrons. The average molecular weight is 356 g/mol. The first-order chi connectivity index (χ1) is 12.5. The molecule has 6 heteroatoms. The van der Waals surface area contributed by atoms with Gasteiger partial charge in [0.25, 0.3) is 5.91 Å². The third-order valence-corrected chi connectivity index (χ3v) is 4.10. The lowest BCUT2D eigenvalue weighted by Gasteiger charge is -2.22. The van der Waals surface area contributed by atoms with Gasteiger partial charge in [-0.25, -0.2) is 0 Å². The Kier molecular flexibility index (Phi) is 7.26. The first kappa shape index (κ1) is 19.6. The highest BCUT2D eigenvalue weighted by Crippen LogP contribution is 2.08. The van der Waals surface area contributed by atoms with Crippen LogP contribution in [-0.2, 0) is 6.54 Å². The molecule has 0 unspecified atom stereocenters. The summed E-state index contributed by atoms with van der Waals surface area (Å²) in [7, 11) is 3.78. The molecule has 0 atom stereocenters. The van der Waals surface area contributed by atoms with E-state index in [1.807, 2.05) is 14.0 Å². The molecule has 1 aromatic carbocycles. The summed E-state index contributed by atoms with van der Waals surface area (Å²) in [6.45, 7) is 6.02. The molecule has 2 aromatic rings. The van der Waals surface area contributed by atoms with Gasteiger partial charge in [0.2, 0.25) is 0 Å². The molecule has 26 heavy (non-hydrogen) atoms. The van der Waals surface area contributed by atoms with Gasteiger partial charge in [-0.1, -0.05) is 29.8 Å². The molecule has 0 spiro atoms. The number of amides is 1. The quantitative estimate of drug-likeness (QED) is 0.455. The van der Waals surface area contributed by atoms with Crippen LogP contribution in [0.2, 0.25) is 0 Å². The molecule has 2 rings (SSSR count). The van der Waals surface area contributed by atoms with E-state index in [0.717, 1.165) is 31.0 Å². The number of carbonyl (C=O) groups excluding carboxylic acids is 1. The van der Waals surface area contributed by atoms with E-state index >= 15 is 0 Å². The first-order valence-electron chi connectivity index (χ1n) is 8.81. The Morgan fingerprint density at radius 1 is 1.12 bits per heavy atom. The van der Waals surface area contributed by atoms with Crippen LogP contribution in [0.5, 0.6) is 0 Å². The first-order valence-corrected chi connectivity index (χ1v) is 8.81. The van der Waals surface area contributed by atoms with Gasteiger partial charge in [0, 0.05) is 39.3 Å². The van der Waals surface area contributed by atoms with Crippen molar-refractivity contribution in [3.05, 3.63) is 59.0 Å². The molecule has 0 aliphatic heterocycles. The number of hydrogen-bond acceptors (Lipinski definition) is 3. The average Bonchev–Trinajstić information content (AvgIpc) is 3.06. The SMILES string of the molecule is CN=C(NCCCNC(=O)c1occc1C)N(C)Cc1ccc(C)cc1. The number of guanidine groups is 1. The Morgan fingerprint density at radius 3 is 2.42 bits per heavy atom. The number of aryl methyl sites for hydroxylation is 2. The highest BCUT2D eigenvalue weighted by Gasteiger charge is 2.11. The van der Waals surface area contributed by atoms with E-state index in [1.165, 1.54) is 17.4 Å². The molecule has 1 heterocycles. The Balaban J connectivity index is 1.70. The van der Waals surface area contributed by atoms with Crippen LogP contribution in [0.1, 0.15) is 33.7 Å². The third-order valence-electron chi connectivity index (χ3n) is 4.10. The van der Waals surface area contributed by atoms with Crippen molar-refractivity contribution in [2.45, 2.75) is 26.8 Å². The van der Waals surface area contributed by atoms with Crippen LogP contribution < -0.4 is 10.6 Å². The fraction of sp³-hybridized carbons (Fsp3) is 0.400. The molecule has 2 N–H and O–H groups in total. The molecule has 1 aromatic heterocycles. The molecule has 0 bridgehead atoms. The molecule has 0 aliphatic rings. The number of aliphatic imine (C=N–C) groups is 1. The highest BCUT2D eigenvalue weighted by atomic mass is 16.3. The zero-order valence-corrected chi connectivity index (χ0v) is 16.0. The minimum atomic E-state index is -0.173. The third kappa shape index (κ3) is 5.65. The Hall–Kier alpha value is -2.76. The predicted octanol–water partition coefficient (Wildman–Crippen LogP) is 2.72. The van der Waals surface area contributed by atoms with Gasteiger partial charge in [0.15, 0.2) is 11.7 Å². The smallest absolute Gasteiger partial charge is 0.287 e. The minimum absolute atomic E-state index is 0.173. The van der Waals surface area contributed by atoms with Crippen LogP contribution in [-0.4, -0.2) is 44.0 Å².